The number of nitrogens with two attached hydrogens (primary N) is 5. The summed E-state index contributed by atoms with van der Waals surface area (Å²) in [6, 6.07) is 5.81. The van der Waals surface area contributed by atoms with E-state index in [0.29, 0.717) is 23.0 Å². The van der Waals surface area contributed by atoms with Crippen molar-refractivity contribution in [2.45, 2.75) is 39.2 Å². The van der Waals surface area contributed by atoms with Crippen molar-refractivity contribution in [1.29, 1.82) is 0 Å². The molecule has 0 saturated heterocycles. The quantitative estimate of drug-likeness (QED) is 0.352. The van der Waals surface area contributed by atoms with Crippen molar-refractivity contribution in [2.75, 3.05) is 11.5 Å². The molecule has 0 saturated carbocycles. The van der Waals surface area contributed by atoms with Gasteiger partial charge in [-0.3, -0.25) is 0 Å². The molecule has 5 nitrogen and oxygen atoms in total. The number of hydrogen-bond acceptors (Lipinski definition) is 5. The Labute approximate surface area is 186 Å². The number of anilines is 2. The van der Waals surface area contributed by atoms with E-state index < -0.39 is 0 Å². The molecule has 0 aromatic heterocycles. The molecule has 0 fully saturated rings. The lowest BCUT2D eigenvalue weighted by Gasteiger charge is -2.42. The Balaban J connectivity index is 2.02. The summed E-state index contributed by atoms with van der Waals surface area (Å²) in [6.45, 7) is 8.99. The number of hydrogen-bond donors (Lipinski definition) is 5. The highest BCUT2D eigenvalue weighted by atomic mass is 14.7. The molecule has 3 rings (SSSR count). The lowest BCUT2D eigenvalue weighted by atomic mass is 9.68. The molecule has 3 unspecified atom stereocenters. The van der Waals surface area contributed by atoms with Crippen LogP contribution in [0.1, 0.15) is 38.7 Å². The summed E-state index contributed by atoms with van der Waals surface area (Å²) >= 11 is 0. The molecule has 5 heteroatoms. The highest BCUT2D eigenvalue weighted by Gasteiger charge is 2.31. The predicted molar refractivity (Wildman–Crippen MR) is 133 cm³/mol. The molecule has 10 N–H and O–H groups in total. The average molecular weight is 419 g/mol. The fourth-order valence-electron chi connectivity index (χ4n) is 4.66. The Morgan fingerprint density at radius 2 is 1.77 bits per heavy atom. The lowest BCUT2D eigenvalue weighted by molar-refractivity contribution is 0.377. The largest absolute Gasteiger partial charge is 0.403 e. The first-order valence-corrected chi connectivity index (χ1v) is 11.0. The molecule has 31 heavy (non-hydrogen) atoms. The minimum atomic E-state index is -0.0117. The molecule has 2 aliphatic carbocycles. The molecule has 0 spiro atoms. The van der Waals surface area contributed by atoms with Crippen molar-refractivity contribution in [3.63, 3.8) is 0 Å². The van der Waals surface area contributed by atoms with Gasteiger partial charge < -0.3 is 35.6 Å². The van der Waals surface area contributed by atoms with Crippen LogP contribution in [-0.4, -0.2) is 6.04 Å². The summed E-state index contributed by atoms with van der Waals surface area (Å²) in [7, 11) is 0. The van der Waals surface area contributed by atoms with Gasteiger partial charge in [-0.2, -0.15) is 0 Å². The Morgan fingerprint density at radius 1 is 1.06 bits per heavy atom. The third-order valence-corrected chi connectivity index (χ3v) is 6.33. The van der Waals surface area contributed by atoms with Crippen molar-refractivity contribution in [2.24, 2.45) is 35.0 Å². The summed E-state index contributed by atoms with van der Waals surface area (Å²) in [5, 5.41) is 0. The molecule has 0 heterocycles. The third kappa shape index (κ3) is 4.88. The average Bonchev–Trinajstić information content (AvgIpc) is 2.74. The molecule has 0 radical (unpaired) electrons. The van der Waals surface area contributed by atoms with Gasteiger partial charge in [0.25, 0.3) is 0 Å². The molecule has 1 aromatic carbocycles. The SMILES string of the molecule is [CH2-]C1C(C2=CC=C(/C(N)=C/N)CC2)=CC=C(c2ccc(N)c(N)c2)C1C(N)CC(C)C. The zero-order valence-electron chi connectivity index (χ0n) is 18.6. The monoisotopic (exact) mass is 418 g/mol. The standard InChI is InChI=1S/C26H36N5/c1-15(2)12-24(30)26-16(3)20(17-4-6-18(7-5-17)25(31)14-27)9-10-21(26)19-8-11-22(28)23(29)13-19/h4,6,8-11,13-16,24,26H,3,5,7,12,27-31H2,1-2H3/q-1/b25-14-. The van der Waals surface area contributed by atoms with E-state index in [-0.39, 0.29) is 17.9 Å². The zero-order chi connectivity index (χ0) is 22.7. The molecular formula is C26H36N5-. The van der Waals surface area contributed by atoms with E-state index in [0.717, 1.165) is 30.4 Å². The van der Waals surface area contributed by atoms with Gasteiger partial charge in [-0.1, -0.05) is 49.8 Å². The van der Waals surface area contributed by atoms with E-state index in [2.05, 4.69) is 45.1 Å². The van der Waals surface area contributed by atoms with Crippen LogP contribution in [0.4, 0.5) is 11.4 Å². The molecule has 0 aliphatic heterocycles. The van der Waals surface area contributed by atoms with E-state index >= 15 is 0 Å². The second-order valence-electron chi connectivity index (χ2n) is 9.02. The van der Waals surface area contributed by atoms with Crippen LogP contribution in [0, 0.1) is 24.7 Å². The van der Waals surface area contributed by atoms with Gasteiger partial charge >= 0.3 is 0 Å². The normalized spacial score (nSPS) is 23.1. The van der Waals surface area contributed by atoms with Gasteiger partial charge in [0.1, 0.15) is 0 Å². The Kier molecular flexibility index (Phi) is 6.96. The number of benzene rings is 1. The van der Waals surface area contributed by atoms with Gasteiger partial charge in [0, 0.05) is 12.2 Å². The molecule has 166 valence electrons. The van der Waals surface area contributed by atoms with Crippen molar-refractivity contribution < 1.29 is 0 Å². The minimum Gasteiger partial charge on any atom is -0.403 e. The Hall–Kier alpha value is -2.92. The fraction of sp³-hybridized carbons (Fsp3) is 0.346. The highest BCUT2D eigenvalue weighted by Crippen LogP contribution is 2.44. The van der Waals surface area contributed by atoms with Crippen LogP contribution in [0.3, 0.4) is 0 Å². The molecule has 3 atom stereocenters. The molecule has 0 bridgehead atoms. The third-order valence-electron chi connectivity index (χ3n) is 6.33. The number of allylic oxidation sites excluding steroid dienone is 7. The van der Waals surface area contributed by atoms with E-state index in [4.69, 9.17) is 28.7 Å². The summed E-state index contributed by atoms with van der Waals surface area (Å²) < 4.78 is 0. The van der Waals surface area contributed by atoms with Crippen molar-refractivity contribution >= 4 is 16.9 Å². The minimum absolute atomic E-state index is 0.0117. The van der Waals surface area contributed by atoms with Gasteiger partial charge in [0.05, 0.1) is 17.1 Å². The molecule has 2 aliphatic rings. The van der Waals surface area contributed by atoms with Crippen molar-refractivity contribution in [1.82, 2.24) is 0 Å². The van der Waals surface area contributed by atoms with Crippen LogP contribution in [0.15, 0.2) is 71.1 Å². The van der Waals surface area contributed by atoms with E-state index in [1.807, 2.05) is 18.2 Å². The van der Waals surface area contributed by atoms with Gasteiger partial charge in [0.2, 0.25) is 0 Å². The van der Waals surface area contributed by atoms with Crippen LogP contribution in [0.25, 0.3) is 5.57 Å². The summed E-state index contributed by atoms with van der Waals surface area (Å²) in [6.07, 6.45) is 12.7. The molecule has 1 aromatic rings. The predicted octanol–water partition coefficient (Wildman–Crippen LogP) is 4.02. The van der Waals surface area contributed by atoms with Crippen LogP contribution in [0.5, 0.6) is 0 Å². The Bertz CT molecular complexity index is 978. The molecule has 0 amide bonds. The second-order valence-corrected chi connectivity index (χ2v) is 9.02. The van der Waals surface area contributed by atoms with Gasteiger partial charge in [-0.15, -0.1) is 5.92 Å². The topological polar surface area (TPSA) is 130 Å². The summed E-state index contributed by atoms with van der Waals surface area (Å²) in [4.78, 5) is 0. The van der Waals surface area contributed by atoms with E-state index in [1.54, 1.807) is 0 Å². The van der Waals surface area contributed by atoms with Crippen LogP contribution in [0.2, 0.25) is 0 Å². The van der Waals surface area contributed by atoms with Gasteiger partial charge in [-0.25, -0.2) is 0 Å². The van der Waals surface area contributed by atoms with Crippen LogP contribution < -0.4 is 28.7 Å². The second kappa shape index (κ2) is 9.48. The maximum Gasteiger partial charge on any atom is 0.0553 e. The number of nitrogen functional groups attached to an aromatic ring is 2. The lowest BCUT2D eigenvalue weighted by Crippen LogP contribution is -2.38. The van der Waals surface area contributed by atoms with E-state index in [9.17, 15) is 0 Å². The van der Waals surface area contributed by atoms with Crippen LogP contribution >= 0.6 is 0 Å². The van der Waals surface area contributed by atoms with Crippen molar-refractivity contribution in [3.05, 3.63) is 83.6 Å². The Morgan fingerprint density at radius 3 is 2.35 bits per heavy atom. The fourth-order valence-corrected chi connectivity index (χ4v) is 4.66. The summed E-state index contributed by atoms with van der Waals surface area (Å²) in [5.74, 6) is 0.626. The first-order chi connectivity index (χ1) is 14.7. The van der Waals surface area contributed by atoms with E-state index in [1.165, 1.54) is 22.9 Å². The van der Waals surface area contributed by atoms with Gasteiger partial charge in [0.15, 0.2) is 0 Å². The van der Waals surface area contributed by atoms with Crippen LogP contribution in [-0.2, 0) is 0 Å². The molecular weight excluding hydrogens is 382 g/mol. The highest BCUT2D eigenvalue weighted by molar-refractivity contribution is 5.78. The first-order valence-electron chi connectivity index (χ1n) is 11.0. The maximum atomic E-state index is 6.77. The van der Waals surface area contributed by atoms with Gasteiger partial charge in [-0.05, 0) is 65.5 Å². The van der Waals surface area contributed by atoms with Crippen molar-refractivity contribution in [3.8, 4) is 0 Å². The zero-order valence-corrected chi connectivity index (χ0v) is 18.6. The summed E-state index contributed by atoms with van der Waals surface area (Å²) in [5.41, 5.74) is 38.0. The first kappa shape index (κ1) is 22.8. The maximum absolute atomic E-state index is 6.77. The number of rotatable bonds is 6. The smallest absolute Gasteiger partial charge is 0.0553 e.